The number of fused-ring (bicyclic) bond motifs is 2. The molecule has 0 saturated carbocycles. The Morgan fingerprint density at radius 3 is 1.04 bits per heavy atom. The molecule has 1 radical (unpaired) electrons. The molecule has 0 N–H and O–H groups in total. The summed E-state index contributed by atoms with van der Waals surface area (Å²) in [6, 6.07) is 18.7. The van der Waals surface area contributed by atoms with Crippen LogP contribution in [-0.4, -0.2) is 8.86 Å². The maximum atomic E-state index is 6.05. The maximum Gasteiger partial charge on any atom is 0.116 e. The molecule has 0 nitrogen and oxygen atoms in total. The van der Waals surface area contributed by atoms with Gasteiger partial charge in [-0.1, -0.05) is 48.5 Å². The first kappa shape index (κ1) is 16.1. The van der Waals surface area contributed by atoms with Crippen molar-refractivity contribution in [1.29, 1.82) is 1.34 Å². The maximum absolute atomic E-state index is 6.05. The molecule has 5 rings (SSSR count). The van der Waals surface area contributed by atoms with Crippen molar-refractivity contribution in [2.45, 2.75) is 27.7 Å². The second-order valence-electron chi connectivity index (χ2n) is 7.45. The van der Waals surface area contributed by atoms with Crippen LogP contribution in [0.3, 0.4) is 0 Å². The SMILES string of the molecule is Cc1cc2cc(C)cc3c4cc(C)cc5cc(C)cc(c(c1)c23)c54.[3H][B]P. The Balaban J connectivity index is 0.000000565. The van der Waals surface area contributed by atoms with Crippen LogP contribution < -0.4 is 0 Å². The van der Waals surface area contributed by atoms with Crippen LogP contribution in [0.15, 0.2) is 48.5 Å². The normalized spacial score (nSPS) is 11.8. The van der Waals surface area contributed by atoms with E-state index < -0.39 is 0 Å². The van der Waals surface area contributed by atoms with Crippen molar-refractivity contribution in [3.05, 3.63) is 70.8 Å². The summed E-state index contributed by atoms with van der Waals surface area (Å²) in [7, 11) is 3.29. The van der Waals surface area contributed by atoms with E-state index in [0.717, 1.165) is 0 Å². The quantitative estimate of drug-likeness (QED) is 0.126. The van der Waals surface area contributed by atoms with E-state index in [9.17, 15) is 0 Å². The van der Waals surface area contributed by atoms with E-state index in [1.54, 1.807) is 0 Å². The van der Waals surface area contributed by atoms with Gasteiger partial charge in [0.1, 0.15) is 7.53 Å². The molecule has 2 heteroatoms. The highest BCUT2D eigenvalue weighted by Crippen LogP contribution is 2.42. The zero-order chi connectivity index (χ0) is 19.3. The third-order valence-electron chi connectivity index (χ3n) is 5.26. The van der Waals surface area contributed by atoms with Gasteiger partial charge in [0.2, 0.25) is 0 Å². The molecule has 5 aromatic rings. The molecule has 0 fully saturated rings. The summed E-state index contributed by atoms with van der Waals surface area (Å²) in [4.78, 5) is 0. The monoisotopic (exact) mass is 355 g/mol. The first-order valence-corrected chi connectivity index (χ1v) is 9.62. The van der Waals surface area contributed by atoms with Crippen molar-refractivity contribution < 1.29 is 0 Å². The lowest BCUT2D eigenvalue weighted by atomic mass is 9.86. The van der Waals surface area contributed by atoms with E-state index >= 15 is 0 Å². The van der Waals surface area contributed by atoms with Gasteiger partial charge in [0.05, 0.1) is 0 Å². The molecule has 0 aliphatic rings. The molecule has 0 bridgehead atoms. The van der Waals surface area contributed by atoms with E-state index in [-0.39, 0.29) is 0 Å². The Hall–Kier alpha value is -2.11. The van der Waals surface area contributed by atoms with E-state index in [4.69, 9.17) is 1.34 Å². The van der Waals surface area contributed by atoms with Crippen molar-refractivity contribution in [3.63, 3.8) is 0 Å². The fourth-order valence-electron chi connectivity index (χ4n) is 4.48. The summed E-state index contributed by atoms with van der Waals surface area (Å²) in [6.45, 7) is 8.82. The van der Waals surface area contributed by atoms with Crippen molar-refractivity contribution in [2.24, 2.45) is 0 Å². The van der Waals surface area contributed by atoms with Gasteiger partial charge < -0.3 is 0 Å². The van der Waals surface area contributed by atoms with Crippen molar-refractivity contribution in [2.75, 3.05) is 0 Å². The van der Waals surface area contributed by atoms with Gasteiger partial charge in [-0.25, -0.2) is 0 Å². The molecule has 0 heterocycles. The first-order chi connectivity index (χ1) is 12.9. The van der Waals surface area contributed by atoms with Crippen LogP contribution in [0.5, 0.6) is 0 Å². The van der Waals surface area contributed by atoms with Gasteiger partial charge in [-0.05, 0) is 94.4 Å². The molecule has 5 aromatic carbocycles. The van der Waals surface area contributed by atoms with Crippen molar-refractivity contribution in [3.8, 4) is 0 Å². The average molecular weight is 355 g/mol. The fraction of sp³-hybridized carbons (Fsp3) is 0.167. The predicted octanol–water partition coefficient (Wildman–Crippen LogP) is 6.65. The molecule has 0 aromatic heterocycles. The van der Waals surface area contributed by atoms with Crippen LogP contribution in [0.1, 0.15) is 22.3 Å². The van der Waals surface area contributed by atoms with Gasteiger partial charge in [0.25, 0.3) is 0 Å². The van der Waals surface area contributed by atoms with Crippen LogP contribution in [-0.2, 0) is 0 Å². The second-order valence-corrected chi connectivity index (χ2v) is 7.45. The van der Waals surface area contributed by atoms with E-state index in [1.165, 1.54) is 72.9 Å². The zero-order valence-corrected chi connectivity index (χ0v) is 16.9. The second kappa shape index (κ2) is 6.25. The molecule has 1 atom stereocenters. The Morgan fingerprint density at radius 2 is 0.808 bits per heavy atom. The fourth-order valence-corrected chi connectivity index (χ4v) is 4.48. The average Bonchev–Trinajstić information content (AvgIpc) is 2.58. The number of aryl methyl sites for hydroxylation is 4. The summed E-state index contributed by atoms with van der Waals surface area (Å²) < 4.78 is 6.05. The van der Waals surface area contributed by atoms with Crippen LogP contribution in [0, 0.1) is 27.7 Å². The van der Waals surface area contributed by atoms with Crippen LogP contribution in [0.4, 0.5) is 0 Å². The summed E-state index contributed by atoms with van der Waals surface area (Å²) in [6.07, 6.45) is 0. The number of hydrogen-bond acceptors (Lipinski definition) is 0. The molecule has 1 unspecified atom stereocenters. The van der Waals surface area contributed by atoms with Gasteiger partial charge in [0.15, 0.2) is 0 Å². The van der Waals surface area contributed by atoms with Crippen molar-refractivity contribution in [1.82, 2.24) is 0 Å². The summed E-state index contributed by atoms with van der Waals surface area (Å²) in [5, 5.41) is 11.1. The molecule has 0 aliphatic carbocycles. The third-order valence-corrected chi connectivity index (χ3v) is 5.26. The topological polar surface area (TPSA) is 0 Å². The number of benzene rings is 5. The van der Waals surface area contributed by atoms with E-state index in [1.807, 2.05) is 0 Å². The minimum atomic E-state index is 1.17. The Labute approximate surface area is 159 Å². The summed E-state index contributed by atoms with van der Waals surface area (Å²) >= 11 is 0. The summed E-state index contributed by atoms with van der Waals surface area (Å²) in [5.41, 5.74) is 5.33. The summed E-state index contributed by atoms with van der Waals surface area (Å²) in [5.74, 6) is 0. The van der Waals surface area contributed by atoms with Gasteiger partial charge in [-0.15, -0.1) is 0 Å². The molecule has 0 saturated heterocycles. The molecule has 0 aliphatic heterocycles. The standard InChI is InChI=1S/C24H20.BH3P/c1-13-5-17-6-14(2)11-21-22-12-16(4)8-18-7-15(3)10-20(24(18)22)19(9-13)23(17)21;1-2/h5-12H,1-4H3;1H,2H2/i;1T. The smallest absolute Gasteiger partial charge is 0.116 e. The van der Waals surface area contributed by atoms with E-state index in [0.29, 0.717) is 0 Å². The molecular formula is C24H23BP. The van der Waals surface area contributed by atoms with Gasteiger partial charge in [-0.2, -0.15) is 9.12 Å². The molecule has 127 valence electrons. The van der Waals surface area contributed by atoms with Crippen LogP contribution >= 0.6 is 9.12 Å². The van der Waals surface area contributed by atoms with E-state index in [2.05, 4.69) is 85.3 Å². The first-order valence-electron chi connectivity index (χ1n) is 9.53. The molecule has 0 spiro atoms. The van der Waals surface area contributed by atoms with Gasteiger partial charge in [0, 0.05) is 0 Å². The minimum absolute atomic E-state index is 1.17. The highest BCUT2D eigenvalue weighted by atomic mass is 31.0. The minimum Gasteiger partial charge on any atom is -0.183 e. The highest BCUT2D eigenvalue weighted by Gasteiger charge is 2.14. The third kappa shape index (κ3) is 2.50. The lowest BCUT2D eigenvalue weighted by Gasteiger charge is -2.17. The molecular weight excluding hydrogens is 330 g/mol. The Kier molecular flexibility index (Phi) is 3.87. The lowest BCUT2D eigenvalue weighted by Crippen LogP contribution is -1.91. The molecule has 26 heavy (non-hydrogen) atoms. The lowest BCUT2D eigenvalue weighted by molar-refractivity contribution is 1.48. The van der Waals surface area contributed by atoms with Gasteiger partial charge in [-0.3, -0.25) is 0 Å². The predicted molar refractivity (Wildman–Crippen MR) is 123 cm³/mol. The van der Waals surface area contributed by atoms with Crippen LogP contribution in [0.2, 0.25) is 0 Å². The molecule has 0 amide bonds. The Bertz CT molecular complexity index is 1110. The Morgan fingerprint density at radius 1 is 0.577 bits per heavy atom. The highest BCUT2D eigenvalue weighted by molar-refractivity contribution is 7.49. The zero-order valence-electron chi connectivity index (χ0n) is 16.8. The van der Waals surface area contributed by atoms with Gasteiger partial charge >= 0.3 is 0 Å². The number of hydrogen-bond donors (Lipinski definition) is 0. The number of rotatable bonds is 0. The largest absolute Gasteiger partial charge is 0.183 e. The van der Waals surface area contributed by atoms with Crippen molar-refractivity contribution >= 4 is 59.7 Å². The van der Waals surface area contributed by atoms with Crippen LogP contribution in [0.25, 0.3) is 43.1 Å².